The average molecular weight is 366 g/mol. The molecule has 6 heteroatoms. The first-order valence-electron chi connectivity index (χ1n) is 9.21. The van der Waals surface area contributed by atoms with E-state index in [9.17, 15) is 19.8 Å². The van der Waals surface area contributed by atoms with Gasteiger partial charge in [0, 0.05) is 6.42 Å². The van der Waals surface area contributed by atoms with Crippen molar-refractivity contribution >= 4 is 12.0 Å². The first-order valence-corrected chi connectivity index (χ1v) is 9.21. The molecule has 0 saturated carbocycles. The number of nitrogens with zero attached hydrogens (tertiary/aromatic N) is 1. The molecule has 1 aliphatic carbocycles. The number of aromatic hydroxyl groups is 1. The van der Waals surface area contributed by atoms with Crippen LogP contribution in [0.25, 0.3) is 0 Å². The van der Waals surface area contributed by atoms with Crippen LogP contribution in [0.4, 0.5) is 4.79 Å². The molecule has 2 amide bonds. The van der Waals surface area contributed by atoms with Gasteiger partial charge in [0.2, 0.25) is 5.91 Å². The number of phenols is 1. The van der Waals surface area contributed by atoms with Crippen molar-refractivity contribution in [1.82, 2.24) is 10.2 Å². The van der Waals surface area contributed by atoms with Crippen LogP contribution >= 0.6 is 0 Å². The minimum absolute atomic E-state index is 0.0840. The molecule has 6 nitrogen and oxygen atoms in total. The molecule has 1 aliphatic heterocycles. The summed E-state index contributed by atoms with van der Waals surface area (Å²) in [6.07, 6.45) is 2.03. The van der Waals surface area contributed by atoms with Crippen molar-refractivity contribution in [2.24, 2.45) is 0 Å². The van der Waals surface area contributed by atoms with E-state index in [1.165, 1.54) is 5.56 Å². The number of hydrogen-bond donors (Lipinski definition) is 3. The van der Waals surface area contributed by atoms with Crippen molar-refractivity contribution in [2.75, 3.05) is 0 Å². The summed E-state index contributed by atoms with van der Waals surface area (Å²) in [5.41, 5.74) is 4.01. The van der Waals surface area contributed by atoms with E-state index in [1.54, 1.807) is 18.2 Å². The molecule has 1 heterocycles. The maximum absolute atomic E-state index is 13.0. The molecule has 0 unspecified atom stereocenters. The zero-order valence-corrected chi connectivity index (χ0v) is 14.9. The quantitative estimate of drug-likeness (QED) is 0.762. The fraction of sp³-hybridized carbons (Fsp3) is 0.333. The Morgan fingerprint density at radius 1 is 1.07 bits per heavy atom. The van der Waals surface area contributed by atoms with E-state index in [1.807, 2.05) is 18.2 Å². The fourth-order valence-electron chi connectivity index (χ4n) is 4.18. The zero-order valence-electron chi connectivity index (χ0n) is 14.9. The second-order valence-electron chi connectivity index (χ2n) is 7.24. The highest BCUT2D eigenvalue weighted by Crippen LogP contribution is 2.31. The lowest BCUT2D eigenvalue weighted by Crippen LogP contribution is -2.52. The topological polar surface area (TPSA) is 89.9 Å². The van der Waals surface area contributed by atoms with Crippen molar-refractivity contribution in [2.45, 2.75) is 44.3 Å². The summed E-state index contributed by atoms with van der Waals surface area (Å²) in [7, 11) is 0. The molecule has 0 aromatic heterocycles. The highest BCUT2D eigenvalue weighted by atomic mass is 16.4. The monoisotopic (exact) mass is 366 g/mol. The van der Waals surface area contributed by atoms with E-state index in [2.05, 4.69) is 11.4 Å². The molecule has 4 rings (SSSR count). The molecule has 2 atom stereocenters. The molecule has 2 aromatic rings. The zero-order chi connectivity index (χ0) is 19.0. The molecule has 0 saturated heterocycles. The molecule has 0 fully saturated rings. The number of aryl methyl sites for hydroxylation is 1. The molecular formula is C21H22N2O4. The normalized spacial score (nSPS) is 21.1. The van der Waals surface area contributed by atoms with Crippen molar-refractivity contribution < 1.29 is 19.8 Å². The minimum Gasteiger partial charge on any atom is -0.508 e. The van der Waals surface area contributed by atoms with Gasteiger partial charge in [0.25, 0.3) is 0 Å². The summed E-state index contributed by atoms with van der Waals surface area (Å²) in [6.45, 7) is 0.0956. The summed E-state index contributed by atoms with van der Waals surface area (Å²) in [4.78, 5) is 25.9. The molecular weight excluding hydrogens is 344 g/mol. The number of phenolic OH excluding ortho intramolecular Hbond substituents is 1. The van der Waals surface area contributed by atoms with Crippen LogP contribution in [-0.4, -0.2) is 33.2 Å². The number of carbonyl (C=O) groups is 2. The molecule has 0 spiro atoms. The second kappa shape index (κ2) is 6.95. The molecule has 0 bridgehead atoms. The molecule has 2 aliphatic rings. The summed E-state index contributed by atoms with van der Waals surface area (Å²) in [6, 6.07) is 12.1. The lowest BCUT2D eigenvalue weighted by molar-refractivity contribution is -0.127. The van der Waals surface area contributed by atoms with Crippen molar-refractivity contribution in [3.8, 4) is 5.75 Å². The third-order valence-corrected chi connectivity index (χ3v) is 5.55. The smallest absolute Gasteiger partial charge is 0.408 e. The van der Waals surface area contributed by atoms with Crippen LogP contribution in [0.15, 0.2) is 42.5 Å². The van der Waals surface area contributed by atoms with Gasteiger partial charge in [0.15, 0.2) is 0 Å². The van der Waals surface area contributed by atoms with Gasteiger partial charge < -0.3 is 15.5 Å². The van der Waals surface area contributed by atoms with Crippen molar-refractivity contribution in [1.29, 1.82) is 0 Å². The average Bonchev–Trinajstić information content (AvgIpc) is 2.67. The number of hydrogen-bond acceptors (Lipinski definition) is 3. The molecule has 140 valence electrons. The number of nitrogens with one attached hydrogen (secondary N) is 1. The van der Waals surface area contributed by atoms with Gasteiger partial charge in [-0.2, -0.15) is 0 Å². The minimum atomic E-state index is -1.13. The molecule has 0 radical (unpaired) electrons. The Bertz CT molecular complexity index is 896. The summed E-state index contributed by atoms with van der Waals surface area (Å²) < 4.78 is 0. The van der Waals surface area contributed by atoms with Crippen LogP contribution in [-0.2, 0) is 24.2 Å². The van der Waals surface area contributed by atoms with E-state index in [4.69, 9.17) is 0 Å². The first-order chi connectivity index (χ1) is 13.0. The summed E-state index contributed by atoms with van der Waals surface area (Å²) in [5.74, 6) is -0.168. The van der Waals surface area contributed by atoms with Gasteiger partial charge in [-0.3, -0.25) is 9.69 Å². The largest absolute Gasteiger partial charge is 0.508 e. The van der Waals surface area contributed by atoms with Gasteiger partial charge in [-0.1, -0.05) is 30.3 Å². The highest BCUT2D eigenvalue weighted by Gasteiger charge is 2.36. The highest BCUT2D eigenvalue weighted by molar-refractivity contribution is 5.86. The Balaban J connectivity index is 1.57. The van der Waals surface area contributed by atoms with Crippen molar-refractivity contribution in [3.05, 3.63) is 64.7 Å². The maximum atomic E-state index is 13.0. The Kier molecular flexibility index (Phi) is 4.48. The lowest BCUT2D eigenvalue weighted by atomic mass is 9.87. The number of benzene rings is 2. The predicted octanol–water partition coefficient (Wildman–Crippen LogP) is 2.99. The third kappa shape index (κ3) is 3.35. The summed E-state index contributed by atoms with van der Waals surface area (Å²) in [5, 5.41) is 22.3. The third-order valence-electron chi connectivity index (χ3n) is 5.55. The van der Waals surface area contributed by atoms with Crippen LogP contribution in [0.2, 0.25) is 0 Å². The maximum Gasteiger partial charge on any atom is 0.408 e. The van der Waals surface area contributed by atoms with E-state index in [0.717, 1.165) is 40.9 Å². The van der Waals surface area contributed by atoms with Gasteiger partial charge in [-0.25, -0.2) is 4.79 Å². The van der Waals surface area contributed by atoms with Gasteiger partial charge in [-0.15, -0.1) is 0 Å². The van der Waals surface area contributed by atoms with Crippen LogP contribution in [0.1, 0.15) is 41.1 Å². The lowest BCUT2D eigenvalue weighted by Gasteiger charge is -2.35. The standard InChI is InChI=1S/C21H22N2O4/c24-16-9-8-14-11-19(23(21(26)27)12-15(14)10-16)20(25)22-18-7-3-5-13-4-1-2-6-17(13)18/h1-2,4,6,8-10,18-19,24H,3,5,7,11-12H2,(H,22,25)(H,26,27)/t18-,19-/m0/s1. The second-order valence-corrected chi connectivity index (χ2v) is 7.24. The predicted molar refractivity (Wildman–Crippen MR) is 99.4 cm³/mol. The number of carboxylic acid groups (broad SMARTS) is 1. The SMILES string of the molecule is O=C(N[C@H]1CCCc2ccccc21)[C@@H]1Cc2ccc(O)cc2CN1C(=O)O. The van der Waals surface area contributed by atoms with E-state index in [-0.39, 0.29) is 24.2 Å². The van der Waals surface area contributed by atoms with Gasteiger partial charge >= 0.3 is 6.09 Å². The Hall–Kier alpha value is -3.02. The fourth-order valence-corrected chi connectivity index (χ4v) is 4.18. The van der Waals surface area contributed by atoms with Crippen LogP contribution in [0, 0.1) is 0 Å². The van der Waals surface area contributed by atoms with Gasteiger partial charge in [-0.05, 0) is 53.6 Å². The number of fused-ring (bicyclic) bond motifs is 2. The first kappa shape index (κ1) is 17.4. The van der Waals surface area contributed by atoms with Gasteiger partial charge in [0.1, 0.15) is 11.8 Å². The Morgan fingerprint density at radius 3 is 2.70 bits per heavy atom. The van der Waals surface area contributed by atoms with Crippen LogP contribution < -0.4 is 5.32 Å². The molecule has 3 N–H and O–H groups in total. The van der Waals surface area contributed by atoms with Crippen LogP contribution in [0.3, 0.4) is 0 Å². The van der Waals surface area contributed by atoms with Crippen LogP contribution in [0.5, 0.6) is 5.75 Å². The van der Waals surface area contributed by atoms with Crippen molar-refractivity contribution in [3.63, 3.8) is 0 Å². The molecule has 2 aromatic carbocycles. The Labute approximate surface area is 157 Å². The van der Waals surface area contributed by atoms with Gasteiger partial charge in [0.05, 0.1) is 12.6 Å². The Morgan fingerprint density at radius 2 is 1.89 bits per heavy atom. The van der Waals surface area contributed by atoms with E-state index >= 15 is 0 Å². The number of rotatable bonds is 2. The number of carbonyl (C=O) groups excluding carboxylic acids is 1. The number of amides is 2. The van der Waals surface area contributed by atoms with E-state index in [0.29, 0.717) is 6.42 Å². The van der Waals surface area contributed by atoms with E-state index < -0.39 is 12.1 Å². The molecule has 27 heavy (non-hydrogen) atoms. The summed E-state index contributed by atoms with van der Waals surface area (Å²) >= 11 is 0.